The molecule has 1 aliphatic rings. The third-order valence-electron chi connectivity index (χ3n) is 4.76. The minimum absolute atomic E-state index is 0.0348. The van der Waals surface area contributed by atoms with Gasteiger partial charge in [-0.1, -0.05) is 25.1 Å². The summed E-state index contributed by atoms with van der Waals surface area (Å²) in [5.74, 6) is -1.97. The lowest BCUT2D eigenvalue weighted by Crippen LogP contribution is -2.41. The summed E-state index contributed by atoms with van der Waals surface area (Å²) in [7, 11) is -4.00. The minimum Gasteiger partial charge on any atom is -0.324 e. The highest BCUT2D eigenvalue weighted by Crippen LogP contribution is 2.38. The summed E-state index contributed by atoms with van der Waals surface area (Å²) in [5, 5.41) is 2.86. The molecule has 1 aromatic heterocycles. The molecular formula is C20H17F2N5O2S. The predicted octanol–water partition coefficient (Wildman–Crippen LogP) is 3.17. The molecule has 0 aliphatic carbocycles. The first kappa shape index (κ1) is 19.9. The van der Waals surface area contributed by atoms with Crippen LogP contribution in [0.3, 0.4) is 0 Å². The van der Waals surface area contributed by atoms with E-state index in [1.54, 1.807) is 31.5 Å². The lowest BCUT2D eigenvalue weighted by atomic mass is 9.91. The number of aliphatic imine (C=N–C) groups is 1. The molecule has 1 atom stereocenters. The SMILES string of the molecule is C[C@H](c1ccccc1F)c1c(F)ccc2c1NC(=NCc1cncnc1)NS2(=O)=O. The molecule has 0 bridgehead atoms. The van der Waals surface area contributed by atoms with Gasteiger partial charge in [-0.3, -0.25) is 0 Å². The Bertz CT molecular complexity index is 1230. The largest absolute Gasteiger partial charge is 0.324 e. The Morgan fingerprint density at radius 3 is 2.53 bits per heavy atom. The number of guanidine groups is 1. The molecule has 2 aromatic carbocycles. The van der Waals surface area contributed by atoms with E-state index < -0.39 is 27.6 Å². The number of aromatic nitrogens is 2. The van der Waals surface area contributed by atoms with E-state index in [9.17, 15) is 17.2 Å². The number of rotatable bonds is 4. The Hall–Kier alpha value is -3.40. The Morgan fingerprint density at radius 1 is 1.07 bits per heavy atom. The summed E-state index contributed by atoms with van der Waals surface area (Å²) in [5.41, 5.74) is 0.990. The number of hydrogen-bond donors (Lipinski definition) is 2. The zero-order chi connectivity index (χ0) is 21.3. The lowest BCUT2D eigenvalue weighted by Gasteiger charge is -2.26. The van der Waals surface area contributed by atoms with E-state index in [1.807, 2.05) is 0 Å². The number of benzene rings is 2. The first-order chi connectivity index (χ1) is 14.4. The molecule has 7 nitrogen and oxygen atoms in total. The Balaban J connectivity index is 1.79. The summed E-state index contributed by atoms with van der Waals surface area (Å²) in [6.45, 7) is 1.72. The van der Waals surface area contributed by atoms with Crippen molar-refractivity contribution < 1.29 is 17.2 Å². The van der Waals surface area contributed by atoms with Gasteiger partial charge in [0.1, 0.15) is 22.9 Å². The minimum atomic E-state index is -4.00. The van der Waals surface area contributed by atoms with E-state index in [4.69, 9.17) is 0 Å². The fraction of sp³-hybridized carbons (Fsp3) is 0.150. The molecule has 4 rings (SSSR count). The van der Waals surface area contributed by atoms with Crippen LogP contribution in [0.5, 0.6) is 0 Å². The smallest absolute Gasteiger partial charge is 0.266 e. The van der Waals surface area contributed by atoms with Crippen LogP contribution < -0.4 is 10.0 Å². The number of sulfonamides is 1. The molecule has 10 heteroatoms. The van der Waals surface area contributed by atoms with E-state index in [1.165, 1.54) is 24.5 Å². The summed E-state index contributed by atoms with van der Waals surface area (Å²) in [6, 6.07) is 8.23. The van der Waals surface area contributed by atoms with Crippen molar-refractivity contribution in [3.05, 3.63) is 83.4 Å². The molecule has 2 N–H and O–H groups in total. The van der Waals surface area contributed by atoms with Crippen LogP contribution in [0, 0.1) is 11.6 Å². The summed E-state index contributed by atoms with van der Waals surface area (Å²) >= 11 is 0. The van der Waals surface area contributed by atoms with E-state index >= 15 is 0 Å². The van der Waals surface area contributed by atoms with Gasteiger partial charge in [0.2, 0.25) is 5.96 Å². The number of fused-ring (bicyclic) bond motifs is 1. The number of halogens is 2. The van der Waals surface area contributed by atoms with Crippen molar-refractivity contribution in [2.45, 2.75) is 24.3 Å². The molecule has 30 heavy (non-hydrogen) atoms. The van der Waals surface area contributed by atoms with E-state index in [2.05, 4.69) is 25.0 Å². The monoisotopic (exact) mass is 429 g/mol. The molecule has 0 radical (unpaired) electrons. The quantitative estimate of drug-likeness (QED) is 0.664. The van der Waals surface area contributed by atoms with Gasteiger partial charge in [0.15, 0.2) is 0 Å². The number of hydrogen-bond acceptors (Lipinski definition) is 5. The van der Waals surface area contributed by atoms with Crippen LogP contribution in [0.1, 0.15) is 29.5 Å². The third-order valence-corrected chi connectivity index (χ3v) is 6.14. The first-order valence-corrected chi connectivity index (χ1v) is 10.5. The van der Waals surface area contributed by atoms with Crippen molar-refractivity contribution in [3.8, 4) is 0 Å². The maximum Gasteiger partial charge on any atom is 0.266 e. The molecule has 0 fully saturated rings. The Morgan fingerprint density at radius 2 is 1.80 bits per heavy atom. The maximum atomic E-state index is 14.8. The summed E-state index contributed by atoms with van der Waals surface area (Å²) < 4.78 is 57.0. The van der Waals surface area contributed by atoms with E-state index in [0.29, 0.717) is 5.56 Å². The highest BCUT2D eigenvalue weighted by molar-refractivity contribution is 7.90. The zero-order valence-corrected chi connectivity index (χ0v) is 16.6. The fourth-order valence-corrected chi connectivity index (χ4v) is 4.47. The number of nitrogens with zero attached hydrogens (tertiary/aromatic N) is 3. The highest BCUT2D eigenvalue weighted by Gasteiger charge is 2.32. The van der Waals surface area contributed by atoms with Crippen LogP contribution >= 0.6 is 0 Å². The van der Waals surface area contributed by atoms with Gasteiger partial charge in [-0.15, -0.1) is 0 Å². The van der Waals surface area contributed by atoms with Gasteiger partial charge in [0.05, 0.1) is 12.2 Å². The van der Waals surface area contributed by atoms with Crippen LogP contribution in [0.2, 0.25) is 0 Å². The van der Waals surface area contributed by atoms with Crippen LogP contribution in [0.15, 0.2) is 65.0 Å². The molecule has 0 saturated carbocycles. The predicted molar refractivity (Wildman–Crippen MR) is 107 cm³/mol. The highest BCUT2D eigenvalue weighted by atomic mass is 32.2. The molecule has 154 valence electrons. The number of anilines is 1. The second-order valence-corrected chi connectivity index (χ2v) is 8.37. The average Bonchev–Trinajstić information content (AvgIpc) is 2.72. The van der Waals surface area contributed by atoms with E-state index in [0.717, 1.165) is 6.07 Å². The van der Waals surface area contributed by atoms with Crippen molar-refractivity contribution in [2.24, 2.45) is 4.99 Å². The van der Waals surface area contributed by atoms with Gasteiger partial charge in [-0.05, 0) is 23.8 Å². The van der Waals surface area contributed by atoms with Crippen molar-refractivity contribution in [1.29, 1.82) is 0 Å². The standard InChI is InChI=1S/C20H17F2N5O2S/c1-12(14-4-2-3-5-15(14)21)18-16(22)6-7-17-19(18)26-20(27-30(17,28)29)25-10-13-8-23-11-24-9-13/h2-9,11-12H,10H2,1H3,(H2,25,26,27)/t12-/m1/s1. The average molecular weight is 429 g/mol. The zero-order valence-electron chi connectivity index (χ0n) is 15.8. The van der Waals surface area contributed by atoms with Gasteiger partial charge in [-0.2, -0.15) is 0 Å². The van der Waals surface area contributed by atoms with Crippen LogP contribution in [-0.2, 0) is 16.6 Å². The van der Waals surface area contributed by atoms with E-state index in [-0.39, 0.29) is 34.2 Å². The molecule has 3 aromatic rings. The number of nitrogens with one attached hydrogen (secondary N) is 2. The molecule has 2 heterocycles. The van der Waals surface area contributed by atoms with Crippen molar-refractivity contribution >= 4 is 21.7 Å². The van der Waals surface area contributed by atoms with Gasteiger partial charge in [0, 0.05) is 29.4 Å². The van der Waals surface area contributed by atoms with Gasteiger partial charge >= 0.3 is 0 Å². The molecule has 0 saturated heterocycles. The lowest BCUT2D eigenvalue weighted by molar-refractivity contribution is 0.577. The second kappa shape index (κ2) is 7.79. The third kappa shape index (κ3) is 3.73. The second-order valence-electron chi connectivity index (χ2n) is 6.72. The molecule has 0 amide bonds. The molecule has 0 unspecified atom stereocenters. The van der Waals surface area contributed by atoms with Crippen LogP contribution in [-0.4, -0.2) is 24.3 Å². The van der Waals surface area contributed by atoms with Crippen molar-refractivity contribution in [3.63, 3.8) is 0 Å². The topological polar surface area (TPSA) is 96.3 Å². The molecule has 0 spiro atoms. The van der Waals surface area contributed by atoms with Crippen molar-refractivity contribution in [2.75, 3.05) is 5.32 Å². The Labute approximate surface area is 172 Å². The van der Waals surface area contributed by atoms with Gasteiger partial charge in [-0.25, -0.2) is 36.9 Å². The Kier molecular flexibility index (Phi) is 5.17. The molecule has 1 aliphatic heterocycles. The first-order valence-electron chi connectivity index (χ1n) is 9.02. The van der Waals surface area contributed by atoms with Gasteiger partial charge in [0.25, 0.3) is 10.0 Å². The summed E-state index contributed by atoms with van der Waals surface area (Å²) in [4.78, 5) is 11.8. The van der Waals surface area contributed by atoms with Crippen molar-refractivity contribution in [1.82, 2.24) is 14.7 Å². The van der Waals surface area contributed by atoms with Gasteiger partial charge < -0.3 is 5.32 Å². The summed E-state index contributed by atoms with van der Waals surface area (Å²) in [6.07, 6.45) is 4.47. The maximum absolute atomic E-state index is 14.8. The normalized spacial score (nSPS) is 17.0. The van der Waals surface area contributed by atoms with Crippen LogP contribution in [0.25, 0.3) is 0 Å². The van der Waals surface area contributed by atoms with Crippen LogP contribution in [0.4, 0.5) is 14.5 Å². The fourth-order valence-electron chi connectivity index (χ4n) is 3.31. The molecular weight excluding hydrogens is 412 g/mol.